The van der Waals surface area contributed by atoms with E-state index in [4.69, 9.17) is 0 Å². The monoisotopic (exact) mass is 353 g/mol. The highest BCUT2D eigenvalue weighted by molar-refractivity contribution is 5.79. The van der Waals surface area contributed by atoms with Crippen LogP contribution in [-0.4, -0.2) is 47.3 Å². The van der Waals surface area contributed by atoms with Crippen molar-refractivity contribution in [3.05, 3.63) is 47.8 Å². The number of benzene rings is 1. The number of guanidine groups is 1. The van der Waals surface area contributed by atoms with E-state index in [1.807, 2.05) is 29.9 Å². The first-order chi connectivity index (χ1) is 12.7. The lowest BCUT2D eigenvalue weighted by atomic mass is 10.00. The van der Waals surface area contributed by atoms with E-state index in [9.17, 15) is 0 Å². The molecule has 0 spiro atoms. The topological polar surface area (TPSA) is 45.5 Å². The minimum atomic E-state index is 0.841. The van der Waals surface area contributed by atoms with Crippen LogP contribution >= 0.6 is 0 Å². The van der Waals surface area contributed by atoms with Gasteiger partial charge in [-0.3, -0.25) is 4.99 Å². The van der Waals surface area contributed by atoms with Crippen LogP contribution in [0.5, 0.6) is 0 Å². The lowest BCUT2D eigenvalue weighted by molar-refractivity contribution is 0.273. The van der Waals surface area contributed by atoms with E-state index in [0.29, 0.717) is 0 Å². The van der Waals surface area contributed by atoms with Gasteiger partial charge in [-0.2, -0.15) is 5.10 Å². The molecule has 5 heteroatoms. The van der Waals surface area contributed by atoms with Crippen molar-refractivity contribution in [2.75, 3.05) is 26.7 Å². The average molecular weight is 354 g/mol. The lowest BCUT2D eigenvalue weighted by Gasteiger charge is -2.32. The predicted molar refractivity (Wildman–Crippen MR) is 108 cm³/mol. The van der Waals surface area contributed by atoms with Crippen LogP contribution in [0.4, 0.5) is 0 Å². The molecule has 0 aliphatic carbocycles. The molecule has 2 aromatic rings. The van der Waals surface area contributed by atoms with Gasteiger partial charge >= 0.3 is 0 Å². The first-order valence-electron chi connectivity index (χ1n) is 9.73. The SMILES string of the molecule is CN=C(NCCCc1cn(-c2ccccc2)nc1C)N1CCC(C)CC1. The molecular formula is C21H31N5. The van der Waals surface area contributed by atoms with Gasteiger partial charge in [0.1, 0.15) is 0 Å². The first kappa shape index (κ1) is 18.5. The second-order valence-corrected chi connectivity index (χ2v) is 7.27. The molecule has 2 heterocycles. The number of piperidine rings is 1. The fraction of sp³-hybridized carbons (Fsp3) is 0.524. The van der Waals surface area contributed by atoms with Crippen LogP contribution in [0.25, 0.3) is 5.69 Å². The van der Waals surface area contributed by atoms with E-state index in [0.717, 1.165) is 55.7 Å². The molecule has 1 aromatic heterocycles. The number of hydrogen-bond donors (Lipinski definition) is 1. The second kappa shape index (κ2) is 8.88. The zero-order chi connectivity index (χ0) is 18.4. The molecule has 1 saturated heterocycles. The van der Waals surface area contributed by atoms with Crippen molar-refractivity contribution >= 4 is 5.96 Å². The maximum absolute atomic E-state index is 4.66. The third-order valence-corrected chi connectivity index (χ3v) is 5.22. The molecule has 3 rings (SSSR count). The van der Waals surface area contributed by atoms with Crippen LogP contribution < -0.4 is 5.32 Å². The highest BCUT2D eigenvalue weighted by atomic mass is 15.3. The molecule has 140 valence electrons. The van der Waals surface area contributed by atoms with Crippen LogP contribution in [0, 0.1) is 12.8 Å². The predicted octanol–water partition coefficient (Wildman–Crippen LogP) is 3.42. The van der Waals surface area contributed by atoms with Crippen LogP contribution in [0.3, 0.4) is 0 Å². The molecular weight excluding hydrogens is 322 g/mol. The van der Waals surface area contributed by atoms with E-state index < -0.39 is 0 Å². The van der Waals surface area contributed by atoms with Crippen LogP contribution in [-0.2, 0) is 6.42 Å². The molecule has 0 atom stereocenters. The largest absolute Gasteiger partial charge is 0.356 e. The number of nitrogens with zero attached hydrogens (tertiary/aromatic N) is 4. The number of para-hydroxylation sites is 1. The van der Waals surface area contributed by atoms with Gasteiger partial charge in [-0.25, -0.2) is 4.68 Å². The van der Waals surface area contributed by atoms with Gasteiger partial charge in [-0.15, -0.1) is 0 Å². The van der Waals surface area contributed by atoms with Crippen LogP contribution in [0.2, 0.25) is 0 Å². The number of hydrogen-bond acceptors (Lipinski definition) is 2. The fourth-order valence-electron chi connectivity index (χ4n) is 3.49. The van der Waals surface area contributed by atoms with Crippen molar-refractivity contribution in [2.24, 2.45) is 10.9 Å². The van der Waals surface area contributed by atoms with Crippen molar-refractivity contribution in [1.29, 1.82) is 0 Å². The third-order valence-electron chi connectivity index (χ3n) is 5.22. The first-order valence-corrected chi connectivity index (χ1v) is 9.73. The van der Waals surface area contributed by atoms with E-state index in [-0.39, 0.29) is 0 Å². The maximum atomic E-state index is 4.66. The number of aromatic nitrogens is 2. The van der Waals surface area contributed by atoms with Crippen molar-refractivity contribution in [3.8, 4) is 5.69 Å². The summed E-state index contributed by atoms with van der Waals surface area (Å²) in [4.78, 5) is 6.85. The molecule has 1 fully saturated rings. The van der Waals surface area contributed by atoms with Crippen molar-refractivity contribution < 1.29 is 0 Å². The van der Waals surface area contributed by atoms with Gasteiger partial charge in [-0.1, -0.05) is 25.1 Å². The fourth-order valence-corrected chi connectivity index (χ4v) is 3.49. The Hall–Kier alpha value is -2.30. The molecule has 1 aromatic carbocycles. The Kier molecular flexibility index (Phi) is 6.31. The molecule has 5 nitrogen and oxygen atoms in total. The Balaban J connectivity index is 1.48. The quantitative estimate of drug-likeness (QED) is 0.509. The summed E-state index contributed by atoms with van der Waals surface area (Å²) in [6.07, 6.45) is 6.78. The van der Waals surface area contributed by atoms with Gasteiger partial charge in [0.05, 0.1) is 11.4 Å². The van der Waals surface area contributed by atoms with Crippen molar-refractivity contribution in [1.82, 2.24) is 20.0 Å². The van der Waals surface area contributed by atoms with E-state index in [2.05, 4.69) is 52.5 Å². The minimum Gasteiger partial charge on any atom is -0.356 e. The Morgan fingerprint density at radius 2 is 1.96 bits per heavy atom. The number of nitrogens with one attached hydrogen (secondary N) is 1. The molecule has 0 radical (unpaired) electrons. The summed E-state index contributed by atoms with van der Waals surface area (Å²) in [6, 6.07) is 10.3. The molecule has 0 bridgehead atoms. The van der Waals surface area contributed by atoms with Gasteiger partial charge in [0, 0.05) is 32.9 Å². The Morgan fingerprint density at radius 1 is 1.23 bits per heavy atom. The Labute approximate surface area is 157 Å². The third kappa shape index (κ3) is 4.65. The molecule has 26 heavy (non-hydrogen) atoms. The minimum absolute atomic E-state index is 0.841. The number of rotatable bonds is 5. The number of aryl methyl sites for hydroxylation is 2. The van der Waals surface area contributed by atoms with Crippen molar-refractivity contribution in [2.45, 2.75) is 39.5 Å². The molecule has 1 N–H and O–H groups in total. The average Bonchev–Trinajstić information content (AvgIpc) is 3.04. The van der Waals surface area contributed by atoms with Gasteiger partial charge in [0.2, 0.25) is 0 Å². The van der Waals surface area contributed by atoms with Crippen LogP contribution in [0.1, 0.15) is 37.4 Å². The van der Waals surface area contributed by atoms with E-state index in [1.54, 1.807) is 0 Å². The summed E-state index contributed by atoms with van der Waals surface area (Å²) in [5, 5.41) is 8.19. The molecule has 0 unspecified atom stereocenters. The zero-order valence-corrected chi connectivity index (χ0v) is 16.3. The summed E-state index contributed by atoms with van der Waals surface area (Å²) in [7, 11) is 1.88. The lowest BCUT2D eigenvalue weighted by Crippen LogP contribution is -2.45. The second-order valence-electron chi connectivity index (χ2n) is 7.27. The summed E-state index contributed by atoms with van der Waals surface area (Å²) >= 11 is 0. The van der Waals surface area contributed by atoms with Crippen molar-refractivity contribution in [3.63, 3.8) is 0 Å². The van der Waals surface area contributed by atoms with E-state index in [1.165, 1.54) is 18.4 Å². The van der Waals surface area contributed by atoms with Crippen LogP contribution in [0.15, 0.2) is 41.5 Å². The number of likely N-dealkylation sites (tertiary alicyclic amines) is 1. The summed E-state index contributed by atoms with van der Waals surface area (Å²) < 4.78 is 1.98. The summed E-state index contributed by atoms with van der Waals surface area (Å²) in [6.45, 7) is 7.60. The Morgan fingerprint density at radius 3 is 2.65 bits per heavy atom. The zero-order valence-electron chi connectivity index (χ0n) is 16.3. The normalized spacial score (nSPS) is 16.1. The highest BCUT2D eigenvalue weighted by Gasteiger charge is 2.18. The maximum Gasteiger partial charge on any atom is 0.193 e. The van der Waals surface area contributed by atoms with E-state index >= 15 is 0 Å². The molecule has 1 aliphatic rings. The standard InChI is InChI=1S/C21H31N5/c1-17-11-14-25(15-12-17)21(22-3)23-13-7-8-19-16-26(24-18(19)2)20-9-5-4-6-10-20/h4-6,9-10,16-17H,7-8,11-15H2,1-3H3,(H,22,23). The van der Waals surface area contributed by atoms with Gasteiger partial charge in [-0.05, 0) is 56.2 Å². The Bertz CT molecular complexity index is 711. The summed E-state index contributed by atoms with van der Waals surface area (Å²) in [5.41, 5.74) is 3.54. The molecule has 0 amide bonds. The van der Waals surface area contributed by atoms with Gasteiger partial charge in [0.25, 0.3) is 0 Å². The number of aliphatic imine (C=N–C) groups is 1. The molecule has 1 aliphatic heterocycles. The molecule has 0 saturated carbocycles. The van der Waals surface area contributed by atoms with Gasteiger partial charge < -0.3 is 10.2 Å². The summed E-state index contributed by atoms with van der Waals surface area (Å²) in [5.74, 6) is 1.89. The highest BCUT2D eigenvalue weighted by Crippen LogP contribution is 2.16. The van der Waals surface area contributed by atoms with Gasteiger partial charge in [0.15, 0.2) is 5.96 Å². The smallest absolute Gasteiger partial charge is 0.193 e.